The van der Waals surface area contributed by atoms with E-state index in [1.165, 1.54) is 0 Å². The second-order valence-electron chi connectivity index (χ2n) is 2.90. The van der Waals surface area contributed by atoms with Crippen LogP contribution in [0.1, 0.15) is 12.6 Å². The molecule has 1 aromatic rings. The van der Waals surface area contributed by atoms with E-state index in [-0.39, 0.29) is 0 Å². The lowest BCUT2D eigenvalue weighted by molar-refractivity contribution is 0.122. The Balaban J connectivity index is 2.67. The van der Waals surface area contributed by atoms with Crippen LogP contribution in [0.2, 0.25) is 0 Å². The number of halogens is 1. The molecule has 13 heavy (non-hydrogen) atoms. The van der Waals surface area contributed by atoms with Crippen molar-refractivity contribution in [2.24, 2.45) is 0 Å². The maximum Gasteiger partial charge on any atom is 0.151 e. The normalized spacial score (nSPS) is 12.6. The fourth-order valence-corrected chi connectivity index (χ4v) is 1.55. The molecule has 4 heteroatoms. The number of ether oxygens (including phenoxy) is 1. The summed E-state index contributed by atoms with van der Waals surface area (Å²) in [7, 11) is 0. The summed E-state index contributed by atoms with van der Waals surface area (Å²) in [6.45, 7) is 3.93. The Bertz CT molecular complexity index is 289. The van der Waals surface area contributed by atoms with E-state index in [1.807, 2.05) is 19.1 Å². The van der Waals surface area contributed by atoms with Crippen molar-refractivity contribution in [3.05, 3.63) is 21.5 Å². The highest BCUT2D eigenvalue weighted by molar-refractivity contribution is 14.1. The van der Waals surface area contributed by atoms with Crippen molar-refractivity contribution in [1.82, 2.24) is 4.98 Å². The zero-order chi connectivity index (χ0) is 9.84. The van der Waals surface area contributed by atoms with Crippen LogP contribution in [-0.4, -0.2) is 22.8 Å². The quantitative estimate of drug-likeness (QED) is 0.682. The average Bonchev–Trinajstić information content (AvgIpc) is 2.02. The van der Waals surface area contributed by atoms with E-state index in [1.54, 1.807) is 6.92 Å². The number of nitrogens with zero attached hydrogens (tertiary/aromatic N) is 1. The Kier molecular flexibility index (Phi) is 3.92. The minimum absolute atomic E-state index is 0.306. The maximum atomic E-state index is 9.01. The zero-order valence-electron chi connectivity index (χ0n) is 7.62. The third kappa shape index (κ3) is 3.48. The van der Waals surface area contributed by atoms with Gasteiger partial charge in [-0.3, -0.25) is 0 Å². The van der Waals surface area contributed by atoms with Gasteiger partial charge in [-0.1, -0.05) is 0 Å². The van der Waals surface area contributed by atoms with E-state index in [0.29, 0.717) is 6.61 Å². The molecule has 0 aliphatic rings. The van der Waals surface area contributed by atoms with E-state index >= 15 is 0 Å². The Morgan fingerprint density at radius 2 is 2.31 bits per heavy atom. The van der Waals surface area contributed by atoms with Crippen LogP contribution < -0.4 is 4.74 Å². The lowest BCUT2D eigenvalue weighted by atomic mass is 10.4. The lowest BCUT2D eigenvalue weighted by Crippen LogP contribution is -2.13. The standard InChI is InChI=1S/C9H12INO2/c1-6-3-4-8(9(10)11-6)13-5-7(2)12/h3-4,7,12H,5H2,1-2H3. The minimum Gasteiger partial charge on any atom is -0.488 e. The van der Waals surface area contributed by atoms with Crippen molar-refractivity contribution in [1.29, 1.82) is 0 Å². The smallest absolute Gasteiger partial charge is 0.151 e. The molecule has 0 radical (unpaired) electrons. The first-order valence-electron chi connectivity index (χ1n) is 4.03. The predicted octanol–water partition coefficient (Wildman–Crippen LogP) is 1.75. The highest BCUT2D eigenvalue weighted by Gasteiger charge is 2.03. The number of aliphatic hydroxyl groups excluding tert-OH is 1. The number of hydrogen-bond acceptors (Lipinski definition) is 3. The molecule has 0 saturated carbocycles. The van der Waals surface area contributed by atoms with E-state index in [2.05, 4.69) is 27.6 Å². The SMILES string of the molecule is Cc1ccc(OCC(C)O)c(I)n1. The van der Waals surface area contributed by atoms with Crippen molar-refractivity contribution in [2.75, 3.05) is 6.61 Å². The summed E-state index contributed by atoms with van der Waals surface area (Å²) in [5.41, 5.74) is 0.966. The van der Waals surface area contributed by atoms with E-state index in [9.17, 15) is 0 Å². The molecule has 0 spiro atoms. The monoisotopic (exact) mass is 293 g/mol. The Labute approximate surface area is 91.3 Å². The Hall–Kier alpha value is -0.360. The third-order valence-electron chi connectivity index (χ3n) is 1.43. The van der Waals surface area contributed by atoms with Crippen molar-refractivity contribution < 1.29 is 9.84 Å². The van der Waals surface area contributed by atoms with Gasteiger partial charge in [-0.05, 0) is 48.6 Å². The minimum atomic E-state index is -0.447. The van der Waals surface area contributed by atoms with Gasteiger partial charge in [0.25, 0.3) is 0 Å². The molecule has 3 nitrogen and oxygen atoms in total. The highest BCUT2D eigenvalue weighted by atomic mass is 127. The largest absolute Gasteiger partial charge is 0.488 e. The zero-order valence-corrected chi connectivity index (χ0v) is 9.78. The van der Waals surface area contributed by atoms with Gasteiger partial charge in [0, 0.05) is 5.69 Å². The molecule has 1 unspecified atom stereocenters. The van der Waals surface area contributed by atoms with Crippen molar-refractivity contribution in [3.63, 3.8) is 0 Å². The molecule has 1 heterocycles. The predicted molar refractivity (Wildman–Crippen MR) is 58.9 cm³/mol. The second-order valence-corrected chi connectivity index (χ2v) is 3.92. The molecule has 0 aliphatic heterocycles. The van der Waals surface area contributed by atoms with E-state index < -0.39 is 6.10 Å². The fourth-order valence-electron chi connectivity index (χ4n) is 0.830. The summed E-state index contributed by atoms with van der Waals surface area (Å²) in [6, 6.07) is 3.76. The summed E-state index contributed by atoms with van der Waals surface area (Å²) in [6.07, 6.45) is -0.447. The van der Waals surface area contributed by atoms with Crippen LogP contribution in [0.4, 0.5) is 0 Å². The van der Waals surface area contributed by atoms with Crippen molar-refractivity contribution in [2.45, 2.75) is 20.0 Å². The Morgan fingerprint density at radius 1 is 1.62 bits per heavy atom. The molecular weight excluding hydrogens is 281 g/mol. The van der Waals surface area contributed by atoms with Gasteiger partial charge in [-0.25, -0.2) is 4.98 Å². The Morgan fingerprint density at radius 3 is 2.85 bits per heavy atom. The third-order valence-corrected chi connectivity index (χ3v) is 2.21. The van der Waals surface area contributed by atoms with Gasteiger partial charge < -0.3 is 9.84 Å². The summed E-state index contributed by atoms with van der Waals surface area (Å²) in [5, 5.41) is 9.01. The van der Waals surface area contributed by atoms with Crippen LogP contribution in [-0.2, 0) is 0 Å². The number of aliphatic hydroxyl groups is 1. The first-order chi connectivity index (χ1) is 6.09. The number of aromatic nitrogens is 1. The van der Waals surface area contributed by atoms with Gasteiger partial charge in [0.1, 0.15) is 10.3 Å². The van der Waals surface area contributed by atoms with Crippen molar-refractivity contribution in [3.8, 4) is 5.75 Å². The van der Waals surface area contributed by atoms with Crippen molar-refractivity contribution >= 4 is 22.6 Å². The molecule has 0 fully saturated rings. The van der Waals surface area contributed by atoms with Gasteiger partial charge in [0.15, 0.2) is 5.75 Å². The summed E-state index contributed by atoms with van der Waals surface area (Å²) in [5.74, 6) is 0.729. The first kappa shape index (κ1) is 10.7. The molecular formula is C9H12INO2. The highest BCUT2D eigenvalue weighted by Crippen LogP contribution is 2.18. The molecule has 1 N–H and O–H groups in total. The summed E-state index contributed by atoms with van der Waals surface area (Å²) < 4.78 is 6.16. The van der Waals surface area contributed by atoms with Gasteiger partial charge in [0.2, 0.25) is 0 Å². The van der Waals surface area contributed by atoms with Gasteiger partial charge >= 0.3 is 0 Å². The lowest BCUT2D eigenvalue weighted by Gasteiger charge is -2.09. The molecule has 0 amide bonds. The van der Waals surface area contributed by atoms with Crippen LogP contribution in [0.15, 0.2) is 12.1 Å². The molecule has 0 aliphatic carbocycles. The molecule has 1 rings (SSSR count). The number of rotatable bonds is 3. The van der Waals surface area contributed by atoms with E-state index in [4.69, 9.17) is 9.84 Å². The fraction of sp³-hybridized carbons (Fsp3) is 0.444. The molecule has 1 aromatic heterocycles. The number of aryl methyl sites for hydroxylation is 1. The van der Waals surface area contributed by atoms with Crippen LogP contribution in [0.3, 0.4) is 0 Å². The topological polar surface area (TPSA) is 42.4 Å². The number of pyridine rings is 1. The molecule has 0 saturated heterocycles. The summed E-state index contributed by atoms with van der Waals surface area (Å²) in [4.78, 5) is 4.23. The van der Waals surface area contributed by atoms with Crippen LogP contribution in [0.5, 0.6) is 5.75 Å². The first-order valence-corrected chi connectivity index (χ1v) is 5.11. The van der Waals surface area contributed by atoms with Gasteiger partial charge in [0.05, 0.1) is 6.10 Å². The molecule has 72 valence electrons. The van der Waals surface area contributed by atoms with Gasteiger partial charge in [-0.15, -0.1) is 0 Å². The average molecular weight is 293 g/mol. The molecule has 0 aromatic carbocycles. The van der Waals surface area contributed by atoms with Crippen LogP contribution in [0.25, 0.3) is 0 Å². The van der Waals surface area contributed by atoms with Gasteiger partial charge in [-0.2, -0.15) is 0 Å². The maximum absolute atomic E-state index is 9.01. The molecule has 1 atom stereocenters. The molecule has 0 bridgehead atoms. The number of hydrogen-bond donors (Lipinski definition) is 1. The van der Waals surface area contributed by atoms with Crippen LogP contribution >= 0.6 is 22.6 Å². The second kappa shape index (κ2) is 4.76. The van der Waals surface area contributed by atoms with Crippen LogP contribution in [0, 0.1) is 10.6 Å². The summed E-state index contributed by atoms with van der Waals surface area (Å²) >= 11 is 2.12. The van der Waals surface area contributed by atoms with E-state index in [0.717, 1.165) is 15.1 Å².